The summed E-state index contributed by atoms with van der Waals surface area (Å²) in [6.07, 6.45) is -8.25. The molecule has 1 aromatic carbocycles. The molecule has 2 aromatic rings. The molecule has 1 amide bonds. The van der Waals surface area contributed by atoms with Gasteiger partial charge in [0.25, 0.3) is 5.91 Å². The van der Waals surface area contributed by atoms with Gasteiger partial charge in [0.05, 0.1) is 11.7 Å². The zero-order valence-corrected chi connectivity index (χ0v) is 11.3. The Morgan fingerprint density at radius 1 is 1.14 bits per heavy atom. The summed E-state index contributed by atoms with van der Waals surface area (Å²) >= 11 is 1.08. The van der Waals surface area contributed by atoms with E-state index < -0.39 is 29.6 Å². The maximum atomic E-state index is 13.1. The van der Waals surface area contributed by atoms with Crippen LogP contribution in [0.25, 0.3) is 0 Å². The van der Waals surface area contributed by atoms with Crippen LogP contribution in [-0.2, 0) is 0 Å². The molecule has 0 atom stereocenters. The Kier molecular flexibility index (Phi) is 3.20. The lowest BCUT2D eigenvalue weighted by atomic mass is 10.2. The van der Waals surface area contributed by atoms with Gasteiger partial charge in [-0.05, 0) is 12.1 Å². The van der Waals surface area contributed by atoms with Crippen molar-refractivity contribution in [2.45, 2.75) is 12.2 Å². The lowest BCUT2D eigenvalue weighted by Crippen LogP contribution is -2.52. The quantitative estimate of drug-likeness (QED) is 0.856. The SMILES string of the molecule is O=C(Nc1ccc2c(c1)OC(F)(F)C(F)(F)O2)c1cncs1. The Labute approximate surface area is 124 Å². The van der Waals surface area contributed by atoms with Crippen molar-refractivity contribution in [1.29, 1.82) is 0 Å². The van der Waals surface area contributed by atoms with Crippen LogP contribution in [0.15, 0.2) is 29.9 Å². The number of benzene rings is 1. The van der Waals surface area contributed by atoms with Crippen molar-refractivity contribution >= 4 is 22.9 Å². The highest BCUT2D eigenvalue weighted by atomic mass is 32.1. The molecule has 0 fully saturated rings. The third-order valence-corrected chi connectivity index (χ3v) is 3.44. The van der Waals surface area contributed by atoms with Crippen LogP contribution in [0.4, 0.5) is 23.2 Å². The van der Waals surface area contributed by atoms with Gasteiger partial charge in [-0.2, -0.15) is 17.6 Å². The summed E-state index contributed by atoms with van der Waals surface area (Å²) in [4.78, 5) is 15.8. The average molecular weight is 334 g/mol. The number of alkyl halides is 4. The number of nitrogens with one attached hydrogen (secondary N) is 1. The smallest absolute Gasteiger partial charge is 0.421 e. The molecule has 0 radical (unpaired) electrons. The van der Waals surface area contributed by atoms with Crippen molar-refractivity contribution < 1.29 is 31.8 Å². The van der Waals surface area contributed by atoms with Gasteiger partial charge in [0.2, 0.25) is 0 Å². The molecule has 1 aliphatic rings. The zero-order chi connectivity index (χ0) is 16.0. The molecular formula is C12H6F4N2O3S. The molecule has 116 valence electrons. The topological polar surface area (TPSA) is 60.5 Å². The van der Waals surface area contributed by atoms with Crippen molar-refractivity contribution in [2.24, 2.45) is 0 Å². The number of rotatable bonds is 2. The fourth-order valence-electron chi connectivity index (χ4n) is 1.67. The van der Waals surface area contributed by atoms with Crippen molar-refractivity contribution in [2.75, 3.05) is 5.32 Å². The van der Waals surface area contributed by atoms with E-state index in [9.17, 15) is 22.4 Å². The van der Waals surface area contributed by atoms with E-state index in [2.05, 4.69) is 19.8 Å². The maximum Gasteiger partial charge on any atom is 0.507 e. The Balaban J connectivity index is 1.85. The van der Waals surface area contributed by atoms with E-state index in [-0.39, 0.29) is 5.69 Å². The molecule has 0 saturated heterocycles. The first kappa shape index (κ1) is 14.6. The third-order valence-electron chi connectivity index (χ3n) is 2.67. The van der Waals surface area contributed by atoms with Gasteiger partial charge in [-0.1, -0.05) is 0 Å². The Morgan fingerprint density at radius 3 is 2.45 bits per heavy atom. The van der Waals surface area contributed by atoms with Crippen LogP contribution in [-0.4, -0.2) is 23.1 Å². The minimum absolute atomic E-state index is 0.0850. The van der Waals surface area contributed by atoms with E-state index in [0.717, 1.165) is 23.5 Å². The van der Waals surface area contributed by atoms with Gasteiger partial charge < -0.3 is 14.8 Å². The highest BCUT2D eigenvalue weighted by molar-refractivity contribution is 7.11. The second-order valence-electron chi connectivity index (χ2n) is 4.22. The maximum absolute atomic E-state index is 13.1. The van der Waals surface area contributed by atoms with Gasteiger partial charge in [0.15, 0.2) is 11.5 Å². The molecule has 0 aliphatic carbocycles. The monoisotopic (exact) mass is 334 g/mol. The van der Waals surface area contributed by atoms with Crippen LogP contribution in [0.2, 0.25) is 0 Å². The average Bonchev–Trinajstić information content (AvgIpc) is 2.94. The van der Waals surface area contributed by atoms with Crippen LogP contribution < -0.4 is 14.8 Å². The second kappa shape index (κ2) is 4.83. The van der Waals surface area contributed by atoms with Gasteiger partial charge in [-0.3, -0.25) is 9.78 Å². The number of carbonyl (C=O) groups excluding carboxylic acids is 1. The standard InChI is InChI=1S/C12H6F4N2O3S/c13-11(14)12(15,16)21-8-3-6(1-2-7(8)20-11)18-10(19)9-4-17-5-22-9/h1-5H,(H,18,19). The number of ether oxygens (including phenoxy) is 2. The molecule has 22 heavy (non-hydrogen) atoms. The largest absolute Gasteiger partial charge is 0.507 e. The minimum Gasteiger partial charge on any atom is -0.421 e. The number of halogens is 4. The van der Waals surface area contributed by atoms with Gasteiger partial charge >= 0.3 is 12.2 Å². The number of aromatic nitrogens is 1. The summed E-state index contributed by atoms with van der Waals surface area (Å²) in [6, 6.07) is 3.19. The summed E-state index contributed by atoms with van der Waals surface area (Å²) in [5.41, 5.74) is 1.53. The van der Waals surface area contributed by atoms with Gasteiger partial charge in [0, 0.05) is 11.8 Å². The highest BCUT2D eigenvalue weighted by Gasteiger charge is 2.65. The van der Waals surface area contributed by atoms with E-state index in [1.165, 1.54) is 17.8 Å². The van der Waals surface area contributed by atoms with Gasteiger partial charge in [0.1, 0.15) is 4.88 Å². The summed E-state index contributed by atoms with van der Waals surface area (Å²) < 4.78 is 60.1. The number of hydrogen-bond donors (Lipinski definition) is 1. The molecule has 2 heterocycles. The molecule has 1 N–H and O–H groups in total. The Bertz CT molecular complexity index is 721. The molecule has 10 heteroatoms. The number of nitrogens with zero attached hydrogens (tertiary/aromatic N) is 1. The van der Waals surface area contributed by atoms with Crippen molar-refractivity contribution in [3.8, 4) is 11.5 Å². The first-order valence-corrected chi connectivity index (χ1v) is 6.64. The van der Waals surface area contributed by atoms with Crippen LogP contribution in [0.3, 0.4) is 0 Å². The number of anilines is 1. The van der Waals surface area contributed by atoms with Gasteiger partial charge in [-0.15, -0.1) is 11.3 Å². The third kappa shape index (κ3) is 2.45. The molecule has 1 aliphatic heterocycles. The molecule has 3 rings (SSSR count). The number of fused-ring (bicyclic) bond motifs is 1. The summed E-state index contributed by atoms with van der Waals surface area (Å²) in [5, 5.41) is 2.41. The molecule has 0 unspecified atom stereocenters. The van der Waals surface area contributed by atoms with Crippen molar-refractivity contribution in [3.05, 3.63) is 34.8 Å². The first-order chi connectivity index (χ1) is 10.3. The summed E-state index contributed by atoms with van der Waals surface area (Å²) in [6.45, 7) is 0. The summed E-state index contributed by atoms with van der Waals surface area (Å²) in [5.74, 6) is -1.67. The lowest BCUT2D eigenvalue weighted by molar-refractivity contribution is -0.391. The van der Waals surface area contributed by atoms with E-state index in [4.69, 9.17) is 0 Å². The first-order valence-electron chi connectivity index (χ1n) is 5.76. The van der Waals surface area contributed by atoms with Crippen LogP contribution in [0.1, 0.15) is 9.67 Å². The molecule has 0 saturated carbocycles. The van der Waals surface area contributed by atoms with Crippen molar-refractivity contribution in [3.63, 3.8) is 0 Å². The van der Waals surface area contributed by atoms with Crippen LogP contribution in [0.5, 0.6) is 11.5 Å². The lowest BCUT2D eigenvalue weighted by Gasteiger charge is -2.31. The molecule has 0 bridgehead atoms. The van der Waals surface area contributed by atoms with E-state index >= 15 is 0 Å². The molecule has 5 nitrogen and oxygen atoms in total. The molecule has 0 spiro atoms. The van der Waals surface area contributed by atoms with Crippen LogP contribution in [0, 0.1) is 0 Å². The predicted octanol–water partition coefficient (Wildman–Crippen LogP) is 3.35. The minimum atomic E-state index is -4.81. The number of amides is 1. The number of hydrogen-bond acceptors (Lipinski definition) is 5. The highest BCUT2D eigenvalue weighted by Crippen LogP contribution is 2.47. The van der Waals surface area contributed by atoms with Crippen LogP contribution >= 0.6 is 11.3 Å². The predicted molar refractivity (Wildman–Crippen MR) is 67.7 cm³/mol. The number of carbonyl (C=O) groups is 1. The fourth-order valence-corrected chi connectivity index (χ4v) is 2.18. The fraction of sp³-hybridized carbons (Fsp3) is 0.167. The molecular weight excluding hydrogens is 328 g/mol. The Hall–Kier alpha value is -2.36. The zero-order valence-electron chi connectivity index (χ0n) is 10.5. The second-order valence-corrected chi connectivity index (χ2v) is 5.11. The van der Waals surface area contributed by atoms with Crippen molar-refractivity contribution in [1.82, 2.24) is 4.98 Å². The van der Waals surface area contributed by atoms with E-state index in [1.807, 2.05) is 0 Å². The van der Waals surface area contributed by atoms with Gasteiger partial charge in [-0.25, -0.2) is 0 Å². The molecule has 1 aromatic heterocycles. The normalized spacial score (nSPS) is 17.8. The number of thiazole rings is 1. The Morgan fingerprint density at radius 2 is 1.82 bits per heavy atom. The van der Waals surface area contributed by atoms with E-state index in [1.54, 1.807) is 0 Å². The van der Waals surface area contributed by atoms with E-state index in [0.29, 0.717) is 4.88 Å². The summed E-state index contributed by atoms with van der Waals surface area (Å²) in [7, 11) is 0.